The zero-order valence-electron chi connectivity index (χ0n) is 15.7. The molecule has 1 atom stereocenters. The van der Waals surface area contributed by atoms with Gasteiger partial charge in [0.2, 0.25) is 5.91 Å². The Balaban J connectivity index is 1.70. The van der Waals surface area contributed by atoms with Gasteiger partial charge in [-0.2, -0.15) is 13.2 Å². The van der Waals surface area contributed by atoms with Crippen LogP contribution >= 0.6 is 11.6 Å². The number of piperidine rings is 1. The predicted molar refractivity (Wildman–Crippen MR) is 105 cm³/mol. The fourth-order valence-electron chi connectivity index (χ4n) is 3.34. The third-order valence-electron chi connectivity index (χ3n) is 4.90. The van der Waals surface area contributed by atoms with E-state index in [0.29, 0.717) is 30.1 Å². The van der Waals surface area contributed by atoms with E-state index in [0.717, 1.165) is 17.7 Å². The second kappa shape index (κ2) is 8.45. The number of anilines is 1. The molecule has 2 aromatic rings. The summed E-state index contributed by atoms with van der Waals surface area (Å²) in [6, 6.07) is 9.61. The molecule has 1 heterocycles. The van der Waals surface area contributed by atoms with Gasteiger partial charge in [-0.25, -0.2) is 0 Å². The Kier molecular flexibility index (Phi) is 6.17. The number of rotatable bonds is 3. The summed E-state index contributed by atoms with van der Waals surface area (Å²) in [5.41, 5.74) is 0.540. The van der Waals surface area contributed by atoms with E-state index in [1.165, 1.54) is 17.0 Å². The van der Waals surface area contributed by atoms with Crippen molar-refractivity contribution in [3.63, 3.8) is 0 Å². The first-order valence-electron chi connectivity index (χ1n) is 9.18. The fourth-order valence-corrected chi connectivity index (χ4v) is 3.63. The van der Waals surface area contributed by atoms with E-state index >= 15 is 0 Å². The molecule has 0 spiro atoms. The Bertz CT molecular complexity index is 930. The summed E-state index contributed by atoms with van der Waals surface area (Å²) in [7, 11) is 0. The van der Waals surface area contributed by atoms with E-state index in [-0.39, 0.29) is 18.0 Å². The molecule has 8 heteroatoms. The monoisotopic (exact) mass is 424 g/mol. The van der Waals surface area contributed by atoms with Gasteiger partial charge in [0.1, 0.15) is 0 Å². The summed E-state index contributed by atoms with van der Waals surface area (Å²) in [5.74, 6) is -1.24. The highest BCUT2D eigenvalue weighted by molar-refractivity contribution is 6.33. The predicted octanol–water partition coefficient (Wildman–Crippen LogP) is 5.16. The Hall–Kier alpha value is -2.54. The van der Waals surface area contributed by atoms with E-state index in [4.69, 9.17) is 11.6 Å². The third kappa shape index (κ3) is 5.09. The molecular weight excluding hydrogens is 405 g/mol. The van der Waals surface area contributed by atoms with Crippen LogP contribution in [0.5, 0.6) is 0 Å². The van der Waals surface area contributed by atoms with E-state index in [1.807, 2.05) is 13.0 Å². The van der Waals surface area contributed by atoms with Crippen molar-refractivity contribution in [1.82, 2.24) is 4.90 Å². The number of likely N-dealkylation sites (tertiary alicyclic amines) is 1. The molecule has 154 valence electrons. The maximum atomic E-state index is 12.9. The lowest BCUT2D eigenvalue weighted by atomic mass is 9.96. The molecule has 1 fully saturated rings. The number of nitrogens with zero attached hydrogens (tertiary/aromatic N) is 1. The Labute approximate surface area is 171 Å². The molecule has 0 unspecified atom stereocenters. The highest BCUT2D eigenvalue weighted by atomic mass is 35.5. The second-order valence-corrected chi connectivity index (χ2v) is 7.55. The van der Waals surface area contributed by atoms with Crippen molar-refractivity contribution >= 4 is 29.1 Å². The van der Waals surface area contributed by atoms with Crippen molar-refractivity contribution in [3.05, 3.63) is 64.2 Å². The standard InChI is InChI=1S/C21H20ClF3N2O2/c1-13-7-8-18(17(22)10-13)26-19(28)15-5-3-9-27(12-15)20(29)14-4-2-6-16(11-14)21(23,24)25/h2,4,6-8,10-11,15H,3,5,9,12H2,1H3,(H,26,28)/t15-/m0/s1. The number of benzene rings is 2. The fraction of sp³-hybridized carbons (Fsp3) is 0.333. The molecule has 1 N–H and O–H groups in total. The van der Waals surface area contributed by atoms with E-state index in [2.05, 4.69) is 5.32 Å². The molecular formula is C21H20ClF3N2O2. The molecule has 1 aliphatic heterocycles. The first-order chi connectivity index (χ1) is 13.6. The van der Waals surface area contributed by atoms with Crippen LogP contribution in [-0.2, 0) is 11.0 Å². The number of halogens is 4. The van der Waals surface area contributed by atoms with Crippen molar-refractivity contribution in [2.24, 2.45) is 5.92 Å². The molecule has 0 radical (unpaired) electrons. The molecule has 0 saturated carbocycles. The Morgan fingerprint density at radius 2 is 1.93 bits per heavy atom. The summed E-state index contributed by atoms with van der Waals surface area (Å²) < 4.78 is 38.8. The third-order valence-corrected chi connectivity index (χ3v) is 5.21. The van der Waals surface area contributed by atoms with Gasteiger partial charge in [0.05, 0.1) is 22.2 Å². The normalized spacial score (nSPS) is 17.1. The van der Waals surface area contributed by atoms with Crippen molar-refractivity contribution in [2.75, 3.05) is 18.4 Å². The van der Waals surface area contributed by atoms with Gasteiger partial charge in [0.15, 0.2) is 0 Å². The number of carbonyl (C=O) groups is 2. The minimum atomic E-state index is -4.52. The topological polar surface area (TPSA) is 49.4 Å². The first-order valence-corrected chi connectivity index (χ1v) is 9.56. The number of aryl methyl sites for hydroxylation is 1. The number of carbonyl (C=O) groups excluding carboxylic acids is 2. The lowest BCUT2D eigenvalue weighted by Crippen LogP contribution is -2.43. The zero-order valence-corrected chi connectivity index (χ0v) is 16.5. The molecule has 0 aliphatic carbocycles. The van der Waals surface area contributed by atoms with Gasteiger partial charge in [-0.05, 0) is 55.7 Å². The van der Waals surface area contributed by atoms with E-state index in [1.54, 1.807) is 12.1 Å². The van der Waals surface area contributed by atoms with Crippen molar-refractivity contribution in [3.8, 4) is 0 Å². The average molecular weight is 425 g/mol. The molecule has 0 aromatic heterocycles. The maximum Gasteiger partial charge on any atom is 0.416 e. The smallest absolute Gasteiger partial charge is 0.338 e. The lowest BCUT2D eigenvalue weighted by molar-refractivity contribution is -0.137. The number of alkyl halides is 3. The largest absolute Gasteiger partial charge is 0.416 e. The van der Waals surface area contributed by atoms with Crippen molar-refractivity contribution in [2.45, 2.75) is 25.9 Å². The van der Waals surface area contributed by atoms with Crippen LogP contribution in [0.1, 0.15) is 34.3 Å². The van der Waals surface area contributed by atoms with Gasteiger partial charge in [0, 0.05) is 18.7 Å². The van der Waals surface area contributed by atoms with Crippen LogP contribution in [0, 0.1) is 12.8 Å². The van der Waals surface area contributed by atoms with Gasteiger partial charge < -0.3 is 10.2 Å². The summed E-state index contributed by atoms with van der Waals surface area (Å²) in [6.07, 6.45) is -3.35. The highest BCUT2D eigenvalue weighted by Gasteiger charge is 2.33. The maximum absolute atomic E-state index is 12.9. The Morgan fingerprint density at radius 3 is 2.62 bits per heavy atom. The molecule has 1 aliphatic rings. The first kappa shape index (κ1) is 21.2. The van der Waals surface area contributed by atoms with Crippen LogP contribution in [-0.4, -0.2) is 29.8 Å². The number of hydrogen-bond donors (Lipinski definition) is 1. The molecule has 2 amide bonds. The molecule has 29 heavy (non-hydrogen) atoms. The summed E-state index contributed by atoms with van der Waals surface area (Å²) in [5, 5.41) is 3.20. The molecule has 2 aromatic carbocycles. The van der Waals surface area contributed by atoms with Gasteiger partial charge in [0.25, 0.3) is 5.91 Å². The van der Waals surface area contributed by atoms with Crippen LogP contribution in [0.25, 0.3) is 0 Å². The van der Waals surface area contributed by atoms with Gasteiger partial charge in [-0.1, -0.05) is 23.7 Å². The van der Waals surface area contributed by atoms with Crippen molar-refractivity contribution in [1.29, 1.82) is 0 Å². The molecule has 3 rings (SSSR count). The number of nitrogens with one attached hydrogen (secondary N) is 1. The number of hydrogen-bond acceptors (Lipinski definition) is 2. The van der Waals surface area contributed by atoms with Crippen LogP contribution in [0.2, 0.25) is 5.02 Å². The van der Waals surface area contributed by atoms with Gasteiger partial charge >= 0.3 is 6.18 Å². The van der Waals surface area contributed by atoms with E-state index in [9.17, 15) is 22.8 Å². The van der Waals surface area contributed by atoms with Crippen LogP contribution in [0.4, 0.5) is 18.9 Å². The zero-order chi connectivity index (χ0) is 21.2. The molecule has 4 nitrogen and oxygen atoms in total. The van der Waals surface area contributed by atoms with E-state index < -0.39 is 23.6 Å². The molecule has 0 bridgehead atoms. The lowest BCUT2D eigenvalue weighted by Gasteiger charge is -2.32. The quantitative estimate of drug-likeness (QED) is 0.740. The van der Waals surface area contributed by atoms with Crippen LogP contribution < -0.4 is 5.32 Å². The van der Waals surface area contributed by atoms with Crippen LogP contribution in [0.3, 0.4) is 0 Å². The highest BCUT2D eigenvalue weighted by Crippen LogP contribution is 2.30. The second-order valence-electron chi connectivity index (χ2n) is 7.14. The van der Waals surface area contributed by atoms with Gasteiger partial charge in [-0.15, -0.1) is 0 Å². The van der Waals surface area contributed by atoms with Crippen LogP contribution in [0.15, 0.2) is 42.5 Å². The molecule has 1 saturated heterocycles. The average Bonchev–Trinajstić information content (AvgIpc) is 2.69. The summed E-state index contributed by atoms with van der Waals surface area (Å²) in [6.45, 7) is 2.42. The minimum Gasteiger partial charge on any atom is -0.338 e. The Morgan fingerprint density at radius 1 is 1.17 bits per heavy atom. The minimum absolute atomic E-state index is 0.0394. The number of amides is 2. The summed E-state index contributed by atoms with van der Waals surface area (Å²) >= 11 is 6.15. The SMILES string of the molecule is Cc1ccc(NC(=O)[C@H]2CCCN(C(=O)c3cccc(C(F)(F)F)c3)C2)c(Cl)c1. The van der Waals surface area contributed by atoms with Gasteiger partial charge in [-0.3, -0.25) is 9.59 Å². The van der Waals surface area contributed by atoms with Crippen molar-refractivity contribution < 1.29 is 22.8 Å². The summed E-state index contributed by atoms with van der Waals surface area (Å²) in [4.78, 5) is 26.8.